The molecule has 2 heterocycles. The van der Waals surface area contributed by atoms with Crippen molar-refractivity contribution in [2.75, 3.05) is 0 Å². The van der Waals surface area contributed by atoms with E-state index in [2.05, 4.69) is 150 Å². The lowest BCUT2D eigenvalue weighted by Gasteiger charge is -2.17. The Morgan fingerprint density at radius 3 is 1.78 bits per heavy atom. The average molecular weight is 622 g/mol. The van der Waals surface area contributed by atoms with Crippen molar-refractivity contribution in [3.05, 3.63) is 164 Å². The number of rotatable bonds is 3. The standard InChI is InChI=1S/C46H27N3/c1-3-13-29(14-4-1)45-42-36-21-10-9-20-33(36)40(27-37(42)47-46(48-45)30-15-5-2-6-16-30)49-38-24-12-23-35-32-19-8-7-18-31(32)34-22-11-17-28-25-26-39(49)44(41(28)34)43(35)38/h1-27H. The largest absolute Gasteiger partial charge is 0.308 e. The summed E-state index contributed by atoms with van der Waals surface area (Å²) in [6, 6.07) is 58.8. The third-order valence-electron chi connectivity index (χ3n) is 10.3. The van der Waals surface area contributed by atoms with E-state index in [1.54, 1.807) is 0 Å². The molecule has 1 aliphatic rings. The molecule has 10 aromatic rings. The molecular weight excluding hydrogens is 595 g/mol. The van der Waals surface area contributed by atoms with E-state index < -0.39 is 0 Å². The SMILES string of the molecule is c1ccc(-c2nc(-c3ccccc3)c3c(cc(-n4c5cccc6c5c5c7c(cccc7ccc54)-c4ccccc4-6)c4ccccc43)n2)cc1. The lowest BCUT2D eigenvalue weighted by Crippen LogP contribution is -2.00. The molecule has 226 valence electrons. The first kappa shape index (κ1) is 26.5. The predicted octanol–water partition coefficient (Wildman–Crippen LogP) is 12.0. The second-order valence-electron chi connectivity index (χ2n) is 12.9. The molecule has 0 amide bonds. The zero-order valence-corrected chi connectivity index (χ0v) is 26.4. The van der Waals surface area contributed by atoms with Crippen molar-refractivity contribution in [3.63, 3.8) is 0 Å². The van der Waals surface area contributed by atoms with Gasteiger partial charge in [0.05, 0.1) is 27.9 Å². The molecule has 11 rings (SSSR count). The van der Waals surface area contributed by atoms with E-state index in [4.69, 9.17) is 9.97 Å². The minimum Gasteiger partial charge on any atom is -0.308 e. The van der Waals surface area contributed by atoms with E-state index in [-0.39, 0.29) is 0 Å². The lowest BCUT2D eigenvalue weighted by atomic mass is 9.93. The molecule has 49 heavy (non-hydrogen) atoms. The molecule has 3 nitrogen and oxygen atoms in total. The fourth-order valence-electron chi connectivity index (χ4n) is 8.27. The van der Waals surface area contributed by atoms with Crippen LogP contribution in [-0.2, 0) is 0 Å². The van der Waals surface area contributed by atoms with Gasteiger partial charge in [0.15, 0.2) is 5.82 Å². The molecule has 3 heteroatoms. The van der Waals surface area contributed by atoms with Crippen LogP contribution in [0.1, 0.15) is 0 Å². The van der Waals surface area contributed by atoms with E-state index in [9.17, 15) is 0 Å². The van der Waals surface area contributed by atoms with Crippen LogP contribution in [0.25, 0.3) is 105 Å². The molecule has 0 spiro atoms. The fourth-order valence-corrected chi connectivity index (χ4v) is 8.27. The summed E-state index contributed by atoms with van der Waals surface area (Å²) in [4.78, 5) is 10.6. The zero-order valence-electron chi connectivity index (χ0n) is 26.4. The molecule has 8 aromatic carbocycles. The summed E-state index contributed by atoms with van der Waals surface area (Å²) in [5.74, 6) is 0.722. The van der Waals surface area contributed by atoms with E-state index in [1.165, 1.54) is 60.2 Å². The lowest BCUT2D eigenvalue weighted by molar-refractivity contribution is 1.19. The summed E-state index contributed by atoms with van der Waals surface area (Å²) in [5.41, 5.74) is 12.5. The Kier molecular flexibility index (Phi) is 5.38. The number of hydrogen-bond donors (Lipinski definition) is 0. The van der Waals surface area contributed by atoms with Crippen LogP contribution in [0.3, 0.4) is 0 Å². The Morgan fingerprint density at radius 1 is 0.388 bits per heavy atom. The van der Waals surface area contributed by atoms with Crippen LogP contribution in [0.5, 0.6) is 0 Å². The van der Waals surface area contributed by atoms with E-state index in [0.29, 0.717) is 0 Å². The second-order valence-corrected chi connectivity index (χ2v) is 12.9. The zero-order chi connectivity index (χ0) is 32.1. The molecule has 0 atom stereocenters. The molecule has 0 N–H and O–H groups in total. The van der Waals surface area contributed by atoms with Gasteiger partial charge in [-0.2, -0.15) is 0 Å². The molecule has 0 fully saturated rings. The van der Waals surface area contributed by atoms with Gasteiger partial charge < -0.3 is 4.57 Å². The molecule has 2 aromatic heterocycles. The van der Waals surface area contributed by atoms with Crippen molar-refractivity contribution in [3.8, 4) is 50.6 Å². The van der Waals surface area contributed by atoms with Crippen molar-refractivity contribution in [1.29, 1.82) is 0 Å². The van der Waals surface area contributed by atoms with Crippen LogP contribution in [-0.4, -0.2) is 14.5 Å². The van der Waals surface area contributed by atoms with Gasteiger partial charge >= 0.3 is 0 Å². The highest BCUT2D eigenvalue weighted by Crippen LogP contribution is 2.50. The Bertz CT molecular complexity index is 2970. The summed E-state index contributed by atoms with van der Waals surface area (Å²) >= 11 is 0. The predicted molar refractivity (Wildman–Crippen MR) is 204 cm³/mol. The Labute approximate surface area is 282 Å². The number of fused-ring (bicyclic) bond motifs is 6. The number of benzene rings is 8. The van der Waals surface area contributed by atoms with Crippen LogP contribution in [0.2, 0.25) is 0 Å². The summed E-state index contributed by atoms with van der Waals surface area (Å²) < 4.78 is 2.48. The smallest absolute Gasteiger partial charge is 0.160 e. The van der Waals surface area contributed by atoms with Gasteiger partial charge in [-0.25, -0.2) is 9.97 Å². The maximum atomic E-state index is 5.31. The molecule has 0 aliphatic heterocycles. The van der Waals surface area contributed by atoms with Crippen molar-refractivity contribution in [2.45, 2.75) is 0 Å². The fraction of sp³-hybridized carbons (Fsp3) is 0. The van der Waals surface area contributed by atoms with E-state index >= 15 is 0 Å². The maximum absolute atomic E-state index is 5.31. The van der Waals surface area contributed by atoms with Gasteiger partial charge in [-0.1, -0.05) is 146 Å². The third kappa shape index (κ3) is 3.67. The van der Waals surface area contributed by atoms with E-state index in [0.717, 1.165) is 44.6 Å². The summed E-state index contributed by atoms with van der Waals surface area (Å²) in [6.45, 7) is 0. The average Bonchev–Trinajstić information content (AvgIpc) is 3.45. The highest BCUT2D eigenvalue weighted by molar-refractivity contribution is 6.31. The van der Waals surface area contributed by atoms with Gasteiger partial charge in [0.1, 0.15) is 0 Å². The molecule has 0 saturated heterocycles. The van der Waals surface area contributed by atoms with Gasteiger partial charge in [-0.15, -0.1) is 0 Å². The van der Waals surface area contributed by atoms with Gasteiger partial charge in [0.2, 0.25) is 0 Å². The van der Waals surface area contributed by atoms with Crippen LogP contribution in [0.15, 0.2) is 164 Å². The summed E-state index contributed by atoms with van der Waals surface area (Å²) in [6.07, 6.45) is 0. The topological polar surface area (TPSA) is 30.7 Å². The molecular formula is C46H27N3. The monoisotopic (exact) mass is 621 g/mol. The molecule has 0 saturated carbocycles. The number of hydrogen-bond acceptors (Lipinski definition) is 2. The van der Waals surface area contributed by atoms with Crippen LogP contribution in [0.4, 0.5) is 0 Å². The molecule has 1 aliphatic carbocycles. The van der Waals surface area contributed by atoms with Gasteiger partial charge in [-0.3, -0.25) is 0 Å². The van der Waals surface area contributed by atoms with Gasteiger partial charge in [0.25, 0.3) is 0 Å². The number of aromatic nitrogens is 3. The van der Waals surface area contributed by atoms with Gasteiger partial charge in [-0.05, 0) is 56.6 Å². The summed E-state index contributed by atoms with van der Waals surface area (Å²) in [5, 5.41) is 8.53. The highest BCUT2D eigenvalue weighted by Gasteiger charge is 2.26. The summed E-state index contributed by atoms with van der Waals surface area (Å²) in [7, 11) is 0. The van der Waals surface area contributed by atoms with Crippen molar-refractivity contribution < 1.29 is 0 Å². The Hall–Kier alpha value is -6.58. The maximum Gasteiger partial charge on any atom is 0.160 e. The normalized spacial score (nSPS) is 12.1. The second kappa shape index (κ2) is 9.96. The van der Waals surface area contributed by atoms with Crippen LogP contribution in [0, 0.1) is 0 Å². The molecule has 0 unspecified atom stereocenters. The van der Waals surface area contributed by atoms with Gasteiger partial charge in [0, 0.05) is 32.7 Å². The quantitative estimate of drug-likeness (QED) is 0.184. The van der Waals surface area contributed by atoms with E-state index in [1.807, 2.05) is 18.2 Å². The van der Waals surface area contributed by atoms with Crippen molar-refractivity contribution >= 4 is 54.3 Å². The first-order chi connectivity index (χ1) is 24.3. The first-order valence-corrected chi connectivity index (χ1v) is 16.8. The Morgan fingerprint density at radius 2 is 1.00 bits per heavy atom. The Balaban J connectivity index is 1.33. The number of nitrogens with zero attached hydrogens (tertiary/aromatic N) is 3. The van der Waals surface area contributed by atoms with Crippen LogP contribution < -0.4 is 0 Å². The van der Waals surface area contributed by atoms with Crippen molar-refractivity contribution in [2.24, 2.45) is 0 Å². The highest BCUT2D eigenvalue weighted by atomic mass is 15.0. The first-order valence-electron chi connectivity index (χ1n) is 16.8. The van der Waals surface area contributed by atoms with Crippen molar-refractivity contribution in [1.82, 2.24) is 14.5 Å². The minimum atomic E-state index is 0.722. The third-order valence-corrected chi connectivity index (χ3v) is 10.3. The molecule has 0 bridgehead atoms. The molecule has 0 radical (unpaired) electrons. The van der Waals surface area contributed by atoms with Crippen LogP contribution >= 0.6 is 0 Å². The minimum absolute atomic E-state index is 0.722.